The zero-order chi connectivity index (χ0) is 17.9. The second-order valence-corrected chi connectivity index (χ2v) is 9.35. The molecule has 1 aromatic rings. The van der Waals surface area contributed by atoms with E-state index in [1.54, 1.807) is 0 Å². The Kier molecular flexibility index (Phi) is 4.10. The highest BCUT2D eigenvalue weighted by Gasteiger charge is 2.88. The highest BCUT2D eigenvalue weighted by Crippen LogP contribution is 2.76. The van der Waals surface area contributed by atoms with E-state index >= 15 is 0 Å². The first-order valence-corrected chi connectivity index (χ1v) is 8.81. The highest BCUT2D eigenvalue weighted by molar-refractivity contribution is 6.68. The van der Waals surface area contributed by atoms with Crippen LogP contribution in [0.15, 0.2) is 30.3 Å². The molecule has 0 aromatic heterocycles. The van der Waals surface area contributed by atoms with Gasteiger partial charge in [-0.2, -0.15) is 0 Å². The Morgan fingerprint density at radius 3 is 2.33 bits per heavy atom. The number of cyclic esters (lactones) is 1. The largest absolute Gasteiger partial charge is 0.457 e. The van der Waals surface area contributed by atoms with Gasteiger partial charge in [0.05, 0.1) is 6.04 Å². The third-order valence-corrected chi connectivity index (χ3v) is 6.01. The molecule has 24 heavy (non-hydrogen) atoms. The molecule has 0 bridgehead atoms. The van der Waals surface area contributed by atoms with Gasteiger partial charge in [0.15, 0.2) is 11.5 Å². The Hall–Kier alpha value is -0.970. The van der Waals surface area contributed by atoms with E-state index in [9.17, 15) is 9.59 Å². The van der Waals surface area contributed by atoms with E-state index < -0.39 is 32.6 Å². The van der Waals surface area contributed by atoms with E-state index in [0.717, 1.165) is 5.56 Å². The maximum absolute atomic E-state index is 12.9. The molecule has 1 aromatic carbocycles. The van der Waals surface area contributed by atoms with E-state index in [0.29, 0.717) is 0 Å². The molecule has 2 fully saturated rings. The third-order valence-electron chi connectivity index (χ3n) is 5.36. The van der Waals surface area contributed by atoms with Gasteiger partial charge in [0.25, 0.3) is 0 Å². The van der Waals surface area contributed by atoms with Crippen LogP contribution in [-0.4, -0.2) is 21.8 Å². The van der Waals surface area contributed by atoms with Crippen LogP contribution in [0, 0.1) is 16.7 Å². The van der Waals surface area contributed by atoms with Crippen LogP contribution < -0.4 is 5.32 Å². The SMILES string of the molecule is C[C@@H](NC(=O)[C@]12C(=O)O[C@H](C(Cl)(Cl)Cl)[C@H]1C2(C)C)c1ccccc1. The first-order valence-electron chi connectivity index (χ1n) is 7.68. The number of nitrogens with one attached hydrogen (secondary N) is 1. The lowest BCUT2D eigenvalue weighted by Crippen LogP contribution is -2.41. The lowest BCUT2D eigenvalue weighted by molar-refractivity contribution is -0.155. The summed E-state index contributed by atoms with van der Waals surface area (Å²) in [6.07, 6.45) is -0.928. The van der Waals surface area contributed by atoms with Crippen molar-refractivity contribution in [1.82, 2.24) is 5.32 Å². The highest BCUT2D eigenvalue weighted by atomic mass is 35.6. The maximum atomic E-state index is 12.9. The molecule has 1 N–H and O–H groups in total. The minimum absolute atomic E-state index is 0.246. The van der Waals surface area contributed by atoms with Crippen molar-refractivity contribution < 1.29 is 14.3 Å². The summed E-state index contributed by atoms with van der Waals surface area (Å²) in [5, 5.41) is 2.91. The van der Waals surface area contributed by atoms with Gasteiger partial charge in [0, 0.05) is 5.92 Å². The van der Waals surface area contributed by atoms with Crippen molar-refractivity contribution in [3.05, 3.63) is 35.9 Å². The molecule has 1 saturated heterocycles. The van der Waals surface area contributed by atoms with Crippen molar-refractivity contribution in [1.29, 1.82) is 0 Å². The second-order valence-electron chi connectivity index (χ2n) is 6.98. The predicted octanol–water partition coefficient (Wildman–Crippen LogP) is 3.80. The predicted molar refractivity (Wildman–Crippen MR) is 92.9 cm³/mol. The van der Waals surface area contributed by atoms with Crippen LogP contribution in [-0.2, 0) is 14.3 Å². The van der Waals surface area contributed by atoms with Gasteiger partial charge in [-0.15, -0.1) is 0 Å². The number of esters is 1. The standard InChI is InChI=1S/C17H18Cl3NO3/c1-9(10-7-5-4-6-8-10)21-13(22)16-11(15(16,2)3)12(17(18,19)20)24-14(16)23/h4-9,11-12H,1-3H3,(H,21,22)/t9-,11+,12+,16+/m1/s1. The zero-order valence-corrected chi connectivity index (χ0v) is 15.7. The van der Waals surface area contributed by atoms with Crippen LogP contribution >= 0.6 is 34.8 Å². The average molecular weight is 391 g/mol. The number of carbonyl (C=O) groups is 2. The van der Waals surface area contributed by atoms with Gasteiger partial charge in [0.2, 0.25) is 9.70 Å². The first-order chi connectivity index (χ1) is 11.0. The fourth-order valence-corrected chi connectivity index (χ4v) is 4.50. The number of halogens is 3. The van der Waals surface area contributed by atoms with Gasteiger partial charge in [-0.3, -0.25) is 9.59 Å². The molecule has 7 heteroatoms. The number of rotatable bonds is 3. The summed E-state index contributed by atoms with van der Waals surface area (Å²) in [4.78, 5) is 25.5. The van der Waals surface area contributed by atoms with Gasteiger partial charge in [-0.25, -0.2) is 0 Å². The van der Waals surface area contributed by atoms with Crippen molar-refractivity contribution in [2.45, 2.75) is 36.7 Å². The molecule has 3 rings (SSSR count). The number of hydrogen-bond acceptors (Lipinski definition) is 3. The lowest BCUT2D eigenvalue weighted by Gasteiger charge is -2.25. The Morgan fingerprint density at radius 1 is 1.25 bits per heavy atom. The van der Waals surface area contributed by atoms with Gasteiger partial charge in [-0.05, 0) is 17.9 Å². The van der Waals surface area contributed by atoms with Gasteiger partial charge < -0.3 is 10.1 Å². The molecule has 4 nitrogen and oxygen atoms in total. The lowest BCUT2D eigenvalue weighted by atomic mass is 9.94. The van der Waals surface area contributed by atoms with Gasteiger partial charge >= 0.3 is 5.97 Å². The van der Waals surface area contributed by atoms with E-state index in [1.165, 1.54) is 0 Å². The molecule has 0 radical (unpaired) electrons. The summed E-state index contributed by atoms with van der Waals surface area (Å²) in [5.74, 6) is -1.46. The molecule has 130 valence electrons. The second kappa shape index (κ2) is 5.52. The quantitative estimate of drug-likeness (QED) is 0.485. The zero-order valence-electron chi connectivity index (χ0n) is 13.5. The van der Waals surface area contributed by atoms with Crippen molar-refractivity contribution in [2.75, 3.05) is 0 Å². The summed E-state index contributed by atoms with van der Waals surface area (Å²) < 4.78 is 3.48. The molecule has 1 saturated carbocycles. The Bertz CT molecular complexity index is 686. The number of benzene rings is 1. The fraction of sp³-hybridized carbons (Fsp3) is 0.529. The topological polar surface area (TPSA) is 55.4 Å². The Labute approximate surface area is 155 Å². The molecular weight excluding hydrogens is 373 g/mol. The van der Waals surface area contributed by atoms with E-state index in [4.69, 9.17) is 39.5 Å². The number of carbonyl (C=O) groups excluding carboxylic acids is 2. The first kappa shape index (κ1) is 17.8. The molecule has 4 atom stereocenters. The summed E-state index contributed by atoms with van der Waals surface area (Å²) in [6, 6.07) is 9.26. The molecule has 1 heterocycles. The van der Waals surface area contributed by atoms with Crippen LogP contribution in [0.2, 0.25) is 0 Å². The average Bonchev–Trinajstić information content (AvgIpc) is 2.82. The normalized spacial score (nSPS) is 31.8. The van der Waals surface area contributed by atoms with Crippen LogP contribution in [0.4, 0.5) is 0 Å². The van der Waals surface area contributed by atoms with Gasteiger partial charge in [0.1, 0.15) is 0 Å². The van der Waals surface area contributed by atoms with Crippen molar-refractivity contribution in [3.8, 4) is 0 Å². The van der Waals surface area contributed by atoms with Gasteiger partial charge in [-0.1, -0.05) is 79.0 Å². The van der Waals surface area contributed by atoms with Crippen LogP contribution in [0.5, 0.6) is 0 Å². The van der Waals surface area contributed by atoms with E-state index in [-0.39, 0.29) is 11.9 Å². The molecule has 2 aliphatic rings. The van der Waals surface area contributed by atoms with Crippen LogP contribution in [0.1, 0.15) is 32.4 Å². The summed E-state index contributed by atoms with van der Waals surface area (Å²) >= 11 is 17.8. The monoisotopic (exact) mass is 389 g/mol. The minimum Gasteiger partial charge on any atom is -0.457 e. The van der Waals surface area contributed by atoms with Crippen molar-refractivity contribution >= 4 is 46.7 Å². The Balaban J connectivity index is 1.86. The number of amides is 1. The third kappa shape index (κ3) is 2.34. The minimum atomic E-state index is -1.76. The smallest absolute Gasteiger partial charge is 0.323 e. The van der Waals surface area contributed by atoms with Crippen LogP contribution in [0.3, 0.4) is 0 Å². The molecule has 1 aliphatic heterocycles. The Morgan fingerprint density at radius 2 is 1.83 bits per heavy atom. The molecule has 0 spiro atoms. The van der Waals surface area contributed by atoms with Crippen LogP contribution in [0.25, 0.3) is 0 Å². The fourth-order valence-electron chi connectivity index (χ4n) is 3.99. The summed E-state index contributed by atoms with van der Waals surface area (Å²) in [5.41, 5.74) is -0.983. The number of hydrogen-bond donors (Lipinski definition) is 1. The van der Waals surface area contributed by atoms with Crippen molar-refractivity contribution in [3.63, 3.8) is 0 Å². The maximum Gasteiger partial charge on any atom is 0.323 e. The molecule has 0 unspecified atom stereocenters. The summed E-state index contributed by atoms with van der Waals surface area (Å²) in [6.45, 7) is 5.52. The molecule has 1 aliphatic carbocycles. The molecule has 1 amide bonds. The van der Waals surface area contributed by atoms with E-state index in [2.05, 4.69) is 5.32 Å². The number of ether oxygens (including phenoxy) is 1. The summed E-state index contributed by atoms with van der Waals surface area (Å²) in [7, 11) is 0. The van der Waals surface area contributed by atoms with Crippen molar-refractivity contribution in [2.24, 2.45) is 16.7 Å². The number of fused-ring (bicyclic) bond motifs is 1. The molecular formula is C17H18Cl3NO3. The number of alkyl halides is 3. The van der Waals surface area contributed by atoms with E-state index in [1.807, 2.05) is 51.1 Å².